The van der Waals surface area contributed by atoms with Gasteiger partial charge in [0.1, 0.15) is 5.75 Å². The van der Waals surface area contributed by atoms with Gasteiger partial charge < -0.3 is 9.64 Å². The molecular formula is C10H14BrNO. The van der Waals surface area contributed by atoms with E-state index in [0.717, 1.165) is 15.9 Å². The first-order chi connectivity index (χ1) is 6.16. The summed E-state index contributed by atoms with van der Waals surface area (Å²) in [6.45, 7) is 2.68. The van der Waals surface area contributed by atoms with Crippen molar-refractivity contribution in [3.8, 4) is 5.75 Å². The largest absolute Gasteiger partial charge is 0.492 e. The third kappa shape index (κ3) is 2.37. The van der Waals surface area contributed by atoms with E-state index in [4.69, 9.17) is 4.74 Å². The fourth-order valence-corrected chi connectivity index (χ4v) is 1.90. The highest BCUT2D eigenvalue weighted by atomic mass is 79.9. The fraction of sp³-hybridized carbons (Fsp3) is 0.400. The second-order valence-corrected chi connectivity index (χ2v) is 3.77. The number of benzene rings is 1. The van der Waals surface area contributed by atoms with Gasteiger partial charge >= 0.3 is 0 Å². The van der Waals surface area contributed by atoms with E-state index in [1.807, 2.05) is 44.1 Å². The number of nitrogens with zero attached hydrogens (tertiary/aromatic N) is 1. The van der Waals surface area contributed by atoms with Crippen LogP contribution < -0.4 is 9.64 Å². The van der Waals surface area contributed by atoms with Gasteiger partial charge in [0.2, 0.25) is 0 Å². The lowest BCUT2D eigenvalue weighted by Crippen LogP contribution is -2.11. The molecule has 0 aliphatic heterocycles. The van der Waals surface area contributed by atoms with Crippen LogP contribution in [0.2, 0.25) is 0 Å². The van der Waals surface area contributed by atoms with Gasteiger partial charge in [-0.1, -0.05) is 6.07 Å². The van der Waals surface area contributed by atoms with Crippen LogP contribution in [0.25, 0.3) is 0 Å². The molecule has 0 unspecified atom stereocenters. The van der Waals surface area contributed by atoms with Crippen LogP contribution in [0.5, 0.6) is 5.75 Å². The number of ether oxygens (including phenoxy) is 1. The van der Waals surface area contributed by atoms with Crippen LogP contribution >= 0.6 is 15.9 Å². The molecule has 0 fully saturated rings. The van der Waals surface area contributed by atoms with Crippen LogP contribution in [0.3, 0.4) is 0 Å². The highest BCUT2D eigenvalue weighted by molar-refractivity contribution is 9.10. The zero-order valence-corrected chi connectivity index (χ0v) is 9.76. The molecule has 0 bridgehead atoms. The zero-order chi connectivity index (χ0) is 9.84. The van der Waals surface area contributed by atoms with Crippen molar-refractivity contribution >= 4 is 21.6 Å². The summed E-state index contributed by atoms with van der Waals surface area (Å²) in [4.78, 5) is 2.04. The maximum Gasteiger partial charge on any atom is 0.143 e. The van der Waals surface area contributed by atoms with Gasteiger partial charge in [0, 0.05) is 18.6 Å². The number of rotatable bonds is 3. The Morgan fingerprint density at radius 2 is 2.08 bits per heavy atom. The lowest BCUT2D eigenvalue weighted by Gasteiger charge is -2.18. The molecule has 0 amide bonds. The SMILES string of the molecule is CCOc1cccc(Br)c1N(C)C. The van der Waals surface area contributed by atoms with E-state index in [-0.39, 0.29) is 0 Å². The van der Waals surface area contributed by atoms with Crippen LogP contribution in [0.4, 0.5) is 5.69 Å². The van der Waals surface area contributed by atoms with Crippen LogP contribution in [-0.2, 0) is 0 Å². The van der Waals surface area contributed by atoms with Gasteiger partial charge in [0.15, 0.2) is 0 Å². The van der Waals surface area contributed by atoms with Crippen molar-refractivity contribution in [1.29, 1.82) is 0 Å². The molecule has 72 valence electrons. The molecule has 0 radical (unpaired) electrons. The summed E-state index contributed by atoms with van der Waals surface area (Å²) in [5, 5.41) is 0. The summed E-state index contributed by atoms with van der Waals surface area (Å²) in [6.07, 6.45) is 0. The second-order valence-electron chi connectivity index (χ2n) is 2.91. The van der Waals surface area contributed by atoms with E-state index in [9.17, 15) is 0 Å². The second kappa shape index (κ2) is 4.51. The van der Waals surface area contributed by atoms with E-state index in [0.29, 0.717) is 6.61 Å². The molecule has 0 heterocycles. The fourth-order valence-electron chi connectivity index (χ4n) is 1.20. The minimum absolute atomic E-state index is 0.692. The molecule has 0 aliphatic carbocycles. The van der Waals surface area contributed by atoms with Crippen molar-refractivity contribution in [3.63, 3.8) is 0 Å². The van der Waals surface area contributed by atoms with Crippen molar-refractivity contribution in [2.24, 2.45) is 0 Å². The summed E-state index contributed by atoms with van der Waals surface area (Å²) in [7, 11) is 4.01. The van der Waals surface area contributed by atoms with Crippen LogP contribution in [0.15, 0.2) is 22.7 Å². The van der Waals surface area contributed by atoms with Crippen LogP contribution in [0, 0.1) is 0 Å². The molecule has 0 saturated carbocycles. The summed E-state index contributed by atoms with van der Waals surface area (Å²) < 4.78 is 6.57. The van der Waals surface area contributed by atoms with Gasteiger partial charge in [-0.3, -0.25) is 0 Å². The molecule has 0 aliphatic rings. The Hall–Kier alpha value is -0.700. The number of hydrogen-bond donors (Lipinski definition) is 0. The Balaban J connectivity index is 3.10. The summed E-state index contributed by atoms with van der Waals surface area (Å²) in [6, 6.07) is 5.96. The first-order valence-electron chi connectivity index (χ1n) is 4.25. The van der Waals surface area contributed by atoms with Crippen molar-refractivity contribution in [2.75, 3.05) is 25.6 Å². The zero-order valence-electron chi connectivity index (χ0n) is 8.17. The van der Waals surface area contributed by atoms with E-state index in [1.165, 1.54) is 0 Å². The van der Waals surface area contributed by atoms with Gasteiger partial charge in [-0.25, -0.2) is 0 Å². The van der Waals surface area contributed by atoms with E-state index in [2.05, 4.69) is 15.9 Å². The normalized spacial score (nSPS) is 9.85. The Bertz CT molecular complexity index is 286. The van der Waals surface area contributed by atoms with Gasteiger partial charge in [0.25, 0.3) is 0 Å². The van der Waals surface area contributed by atoms with E-state index < -0.39 is 0 Å². The Kier molecular flexibility index (Phi) is 3.60. The number of para-hydroxylation sites is 1. The highest BCUT2D eigenvalue weighted by Crippen LogP contribution is 2.34. The predicted molar refractivity (Wildman–Crippen MR) is 59.6 cm³/mol. The Morgan fingerprint density at radius 1 is 1.38 bits per heavy atom. The predicted octanol–water partition coefficient (Wildman–Crippen LogP) is 2.91. The summed E-state index contributed by atoms with van der Waals surface area (Å²) in [5.74, 6) is 0.918. The first-order valence-corrected chi connectivity index (χ1v) is 5.04. The van der Waals surface area contributed by atoms with Crippen LogP contribution in [-0.4, -0.2) is 20.7 Å². The van der Waals surface area contributed by atoms with Gasteiger partial charge in [0.05, 0.1) is 12.3 Å². The number of hydrogen-bond acceptors (Lipinski definition) is 2. The van der Waals surface area contributed by atoms with Gasteiger partial charge in [-0.15, -0.1) is 0 Å². The maximum atomic E-state index is 5.51. The Labute approximate surface area is 87.6 Å². The topological polar surface area (TPSA) is 12.5 Å². The molecule has 0 atom stereocenters. The molecular weight excluding hydrogens is 230 g/mol. The molecule has 2 nitrogen and oxygen atoms in total. The molecule has 0 saturated heterocycles. The maximum absolute atomic E-state index is 5.51. The third-order valence-corrected chi connectivity index (χ3v) is 2.34. The van der Waals surface area contributed by atoms with Crippen molar-refractivity contribution in [2.45, 2.75) is 6.92 Å². The molecule has 1 aromatic rings. The Morgan fingerprint density at radius 3 is 2.62 bits per heavy atom. The number of halogens is 1. The molecule has 0 N–H and O–H groups in total. The first kappa shape index (κ1) is 10.4. The lowest BCUT2D eigenvalue weighted by atomic mass is 10.3. The van der Waals surface area contributed by atoms with Crippen molar-refractivity contribution in [3.05, 3.63) is 22.7 Å². The molecule has 3 heteroatoms. The average molecular weight is 244 g/mol. The minimum atomic E-state index is 0.692. The lowest BCUT2D eigenvalue weighted by molar-refractivity contribution is 0.341. The van der Waals surface area contributed by atoms with Crippen molar-refractivity contribution < 1.29 is 4.74 Å². The minimum Gasteiger partial charge on any atom is -0.492 e. The van der Waals surface area contributed by atoms with Gasteiger partial charge in [-0.05, 0) is 35.0 Å². The van der Waals surface area contributed by atoms with E-state index in [1.54, 1.807) is 0 Å². The molecule has 1 aromatic carbocycles. The third-order valence-electron chi connectivity index (χ3n) is 1.70. The summed E-state index contributed by atoms with van der Waals surface area (Å²) in [5.41, 5.74) is 1.09. The van der Waals surface area contributed by atoms with Gasteiger partial charge in [-0.2, -0.15) is 0 Å². The summed E-state index contributed by atoms with van der Waals surface area (Å²) >= 11 is 3.50. The molecule has 0 spiro atoms. The van der Waals surface area contributed by atoms with E-state index >= 15 is 0 Å². The van der Waals surface area contributed by atoms with Crippen molar-refractivity contribution in [1.82, 2.24) is 0 Å². The average Bonchev–Trinajstić information content (AvgIpc) is 2.04. The molecule has 1 rings (SSSR count). The smallest absolute Gasteiger partial charge is 0.143 e. The standard InChI is InChI=1S/C10H14BrNO/c1-4-13-9-7-5-6-8(11)10(9)12(2)3/h5-7H,4H2,1-3H3. The highest BCUT2D eigenvalue weighted by Gasteiger charge is 2.08. The quantitative estimate of drug-likeness (QED) is 0.810. The number of anilines is 1. The molecule has 13 heavy (non-hydrogen) atoms. The van der Waals surface area contributed by atoms with Crippen LogP contribution in [0.1, 0.15) is 6.92 Å². The molecule has 0 aromatic heterocycles. The monoisotopic (exact) mass is 243 g/mol.